The van der Waals surface area contributed by atoms with Crippen LogP contribution >= 0.6 is 11.3 Å². The lowest BCUT2D eigenvalue weighted by Gasteiger charge is -2.26. The van der Waals surface area contributed by atoms with Crippen LogP contribution in [0.5, 0.6) is 0 Å². The van der Waals surface area contributed by atoms with Gasteiger partial charge < -0.3 is 4.90 Å². The number of anilines is 3. The van der Waals surface area contributed by atoms with Gasteiger partial charge in [-0.05, 0) is 70.4 Å². The van der Waals surface area contributed by atoms with E-state index in [0.717, 1.165) is 17.1 Å². The van der Waals surface area contributed by atoms with Gasteiger partial charge in [0.1, 0.15) is 0 Å². The first kappa shape index (κ1) is 20.9. The molecule has 0 aliphatic heterocycles. The molecule has 1 nitrogen and oxygen atoms in total. The number of thiophene rings is 1. The van der Waals surface area contributed by atoms with E-state index < -0.39 is 0 Å². The van der Waals surface area contributed by atoms with Gasteiger partial charge in [0.05, 0.1) is 0 Å². The lowest BCUT2D eigenvalue weighted by atomic mass is 10.0. The summed E-state index contributed by atoms with van der Waals surface area (Å²) in [5.41, 5.74) is 5.88. The van der Waals surface area contributed by atoms with Crippen molar-refractivity contribution in [3.8, 4) is 11.1 Å². The molecule has 7 aromatic rings. The van der Waals surface area contributed by atoms with E-state index in [1.54, 1.807) is 0 Å². The summed E-state index contributed by atoms with van der Waals surface area (Å²) in [5.74, 6) is 0. The first-order chi connectivity index (χ1) is 17.8. The molecule has 1 aromatic heterocycles. The minimum Gasteiger partial charge on any atom is -0.310 e. The molecule has 0 N–H and O–H groups in total. The standard InChI is InChI=1S/C34H23NS/c1-3-10-24(11-4-1)26-13-9-16-28(22-26)35(27-14-5-2-6-15-27)29-19-21-32-31(23-29)34-30-17-8-7-12-25(30)18-20-33(34)36-32/h1-23H. The van der Waals surface area contributed by atoms with Crippen LogP contribution in [0, 0.1) is 0 Å². The maximum absolute atomic E-state index is 2.36. The number of hydrogen-bond acceptors (Lipinski definition) is 2. The number of benzene rings is 6. The predicted molar refractivity (Wildman–Crippen MR) is 157 cm³/mol. The summed E-state index contributed by atoms with van der Waals surface area (Å²) in [6, 6.07) is 50.2. The van der Waals surface area contributed by atoms with Gasteiger partial charge in [0.2, 0.25) is 0 Å². The Kier molecular flexibility index (Phi) is 5.04. The van der Waals surface area contributed by atoms with E-state index in [1.165, 1.54) is 42.1 Å². The Hall–Kier alpha value is -4.40. The van der Waals surface area contributed by atoms with Crippen LogP contribution in [0.15, 0.2) is 140 Å². The van der Waals surface area contributed by atoms with Crippen LogP contribution in [0.2, 0.25) is 0 Å². The van der Waals surface area contributed by atoms with E-state index in [-0.39, 0.29) is 0 Å². The van der Waals surface area contributed by atoms with Gasteiger partial charge in [0.15, 0.2) is 0 Å². The number of para-hydroxylation sites is 1. The van der Waals surface area contributed by atoms with Crippen molar-refractivity contribution in [1.29, 1.82) is 0 Å². The molecule has 0 fully saturated rings. The van der Waals surface area contributed by atoms with Gasteiger partial charge in [-0.2, -0.15) is 0 Å². The van der Waals surface area contributed by atoms with Crippen molar-refractivity contribution in [3.05, 3.63) is 140 Å². The van der Waals surface area contributed by atoms with Crippen molar-refractivity contribution < 1.29 is 0 Å². The molecule has 2 heteroatoms. The summed E-state index contributed by atoms with van der Waals surface area (Å²) in [6.45, 7) is 0. The van der Waals surface area contributed by atoms with Gasteiger partial charge in [0, 0.05) is 37.2 Å². The van der Waals surface area contributed by atoms with E-state index in [2.05, 4.69) is 144 Å². The Morgan fingerprint density at radius 1 is 0.417 bits per heavy atom. The van der Waals surface area contributed by atoms with E-state index in [9.17, 15) is 0 Å². The molecule has 1 heterocycles. The first-order valence-corrected chi connectivity index (χ1v) is 13.0. The first-order valence-electron chi connectivity index (χ1n) is 12.2. The summed E-state index contributed by atoms with van der Waals surface area (Å²) in [4.78, 5) is 2.36. The Bertz CT molecular complexity index is 1830. The molecular weight excluding hydrogens is 454 g/mol. The highest BCUT2D eigenvalue weighted by Crippen LogP contribution is 2.43. The van der Waals surface area contributed by atoms with Crippen molar-refractivity contribution in [2.45, 2.75) is 0 Å². The van der Waals surface area contributed by atoms with Crippen LogP contribution < -0.4 is 4.90 Å². The van der Waals surface area contributed by atoms with Crippen LogP contribution in [0.25, 0.3) is 42.1 Å². The molecular formula is C34H23NS. The second kappa shape index (κ2) is 8.67. The molecule has 36 heavy (non-hydrogen) atoms. The molecule has 6 aromatic carbocycles. The smallest absolute Gasteiger partial charge is 0.0468 e. The van der Waals surface area contributed by atoms with Crippen molar-refractivity contribution in [3.63, 3.8) is 0 Å². The van der Waals surface area contributed by atoms with Gasteiger partial charge in [-0.3, -0.25) is 0 Å². The zero-order valence-corrected chi connectivity index (χ0v) is 20.5. The molecule has 0 amide bonds. The lowest BCUT2D eigenvalue weighted by Crippen LogP contribution is -2.09. The van der Waals surface area contributed by atoms with E-state index in [1.807, 2.05) is 11.3 Å². The highest BCUT2D eigenvalue weighted by molar-refractivity contribution is 7.26. The molecule has 0 unspecified atom stereocenters. The fourth-order valence-corrected chi connectivity index (χ4v) is 6.26. The largest absolute Gasteiger partial charge is 0.310 e. The molecule has 0 atom stereocenters. The second-order valence-electron chi connectivity index (χ2n) is 9.03. The Balaban J connectivity index is 1.46. The van der Waals surface area contributed by atoms with Gasteiger partial charge in [-0.15, -0.1) is 11.3 Å². The molecule has 0 saturated heterocycles. The zero-order valence-electron chi connectivity index (χ0n) is 19.6. The van der Waals surface area contributed by atoms with E-state index in [4.69, 9.17) is 0 Å². The lowest BCUT2D eigenvalue weighted by molar-refractivity contribution is 1.29. The average molecular weight is 478 g/mol. The third-order valence-corrected chi connectivity index (χ3v) is 7.96. The molecule has 0 aliphatic carbocycles. The minimum atomic E-state index is 1.14. The fourth-order valence-electron chi connectivity index (χ4n) is 5.15. The molecule has 0 radical (unpaired) electrons. The quantitative estimate of drug-likeness (QED) is 0.244. The van der Waals surface area contributed by atoms with E-state index >= 15 is 0 Å². The van der Waals surface area contributed by atoms with Gasteiger partial charge in [0.25, 0.3) is 0 Å². The third kappa shape index (κ3) is 3.55. The SMILES string of the molecule is c1ccc(-c2cccc(N(c3ccccc3)c3ccc4sc5ccc6ccccc6c5c4c3)c2)cc1. The second-order valence-corrected chi connectivity index (χ2v) is 10.1. The molecule has 7 rings (SSSR count). The summed E-state index contributed by atoms with van der Waals surface area (Å²) in [5, 5.41) is 5.26. The number of fused-ring (bicyclic) bond motifs is 5. The van der Waals surface area contributed by atoms with Crippen molar-refractivity contribution >= 4 is 59.3 Å². The van der Waals surface area contributed by atoms with Gasteiger partial charge in [-0.25, -0.2) is 0 Å². The Labute approximate surface area is 214 Å². The van der Waals surface area contributed by atoms with Gasteiger partial charge >= 0.3 is 0 Å². The average Bonchev–Trinajstić information content (AvgIpc) is 3.33. The highest BCUT2D eigenvalue weighted by atomic mass is 32.1. The summed E-state index contributed by atoms with van der Waals surface area (Å²) < 4.78 is 2.65. The zero-order chi connectivity index (χ0) is 23.9. The van der Waals surface area contributed by atoms with Crippen LogP contribution in [-0.2, 0) is 0 Å². The maximum atomic E-state index is 2.36. The Morgan fingerprint density at radius 2 is 1.08 bits per heavy atom. The van der Waals surface area contributed by atoms with Crippen molar-refractivity contribution in [2.75, 3.05) is 4.90 Å². The fraction of sp³-hybridized carbons (Fsp3) is 0. The van der Waals surface area contributed by atoms with E-state index in [0.29, 0.717) is 0 Å². The minimum absolute atomic E-state index is 1.14. The predicted octanol–water partition coefficient (Wildman–Crippen LogP) is 10.3. The molecule has 0 bridgehead atoms. The molecule has 0 aliphatic rings. The van der Waals surface area contributed by atoms with Crippen LogP contribution in [0.3, 0.4) is 0 Å². The van der Waals surface area contributed by atoms with Crippen molar-refractivity contribution in [2.24, 2.45) is 0 Å². The molecule has 0 spiro atoms. The third-order valence-electron chi connectivity index (χ3n) is 6.83. The highest BCUT2D eigenvalue weighted by Gasteiger charge is 2.16. The van der Waals surface area contributed by atoms with Crippen LogP contribution in [0.1, 0.15) is 0 Å². The maximum Gasteiger partial charge on any atom is 0.0468 e. The molecule has 170 valence electrons. The van der Waals surface area contributed by atoms with Crippen LogP contribution in [0.4, 0.5) is 17.1 Å². The van der Waals surface area contributed by atoms with Gasteiger partial charge in [-0.1, -0.05) is 91.0 Å². The number of hydrogen-bond donors (Lipinski definition) is 0. The monoisotopic (exact) mass is 477 g/mol. The molecule has 0 saturated carbocycles. The van der Waals surface area contributed by atoms with Crippen LogP contribution in [-0.4, -0.2) is 0 Å². The number of nitrogens with zero attached hydrogens (tertiary/aromatic N) is 1. The topological polar surface area (TPSA) is 3.24 Å². The Morgan fingerprint density at radius 3 is 1.94 bits per heavy atom. The van der Waals surface area contributed by atoms with Crippen molar-refractivity contribution in [1.82, 2.24) is 0 Å². The normalized spacial score (nSPS) is 11.3. The summed E-state index contributed by atoms with van der Waals surface area (Å²) in [6.07, 6.45) is 0. The number of rotatable bonds is 4. The summed E-state index contributed by atoms with van der Waals surface area (Å²) in [7, 11) is 0. The summed E-state index contributed by atoms with van der Waals surface area (Å²) >= 11 is 1.87.